The molecular formula is C14H10ClF3N2O3. The summed E-state index contributed by atoms with van der Waals surface area (Å²) in [6, 6.07) is 4.78. The topological polar surface area (TPSA) is 72.3 Å². The molecule has 0 saturated heterocycles. The molecule has 0 fully saturated rings. The second-order valence-electron chi connectivity index (χ2n) is 4.64. The van der Waals surface area contributed by atoms with E-state index < -0.39 is 34.8 Å². The fraction of sp³-hybridized carbons (Fsp3) is 0.214. The van der Waals surface area contributed by atoms with Crippen LogP contribution in [0.1, 0.15) is 27.2 Å². The summed E-state index contributed by atoms with van der Waals surface area (Å²) in [6.45, 7) is 2.64. The summed E-state index contributed by atoms with van der Waals surface area (Å²) in [5.41, 5.74) is -2.11. The van der Waals surface area contributed by atoms with E-state index in [-0.39, 0.29) is 10.8 Å². The number of aromatic nitrogens is 2. The van der Waals surface area contributed by atoms with Crippen molar-refractivity contribution in [2.24, 2.45) is 0 Å². The summed E-state index contributed by atoms with van der Waals surface area (Å²) < 4.78 is 43.8. The average molecular weight is 347 g/mol. The highest BCUT2D eigenvalue weighted by molar-refractivity contribution is 6.32. The predicted molar refractivity (Wildman–Crippen MR) is 75.0 cm³/mol. The van der Waals surface area contributed by atoms with Gasteiger partial charge in [0.25, 0.3) is 5.88 Å². The Morgan fingerprint density at radius 2 is 1.91 bits per heavy atom. The highest BCUT2D eigenvalue weighted by Crippen LogP contribution is 2.37. The van der Waals surface area contributed by atoms with Gasteiger partial charge in [-0.2, -0.15) is 13.2 Å². The SMILES string of the molecule is Cc1cccc(Cl)c1Oc1nnc(C(F)(F)F)c(C)c1C(=O)O. The summed E-state index contributed by atoms with van der Waals surface area (Å²) in [4.78, 5) is 11.3. The highest BCUT2D eigenvalue weighted by Gasteiger charge is 2.38. The number of para-hydroxylation sites is 1. The minimum atomic E-state index is -4.82. The van der Waals surface area contributed by atoms with E-state index in [4.69, 9.17) is 16.3 Å². The third-order valence-electron chi connectivity index (χ3n) is 3.03. The van der Waals surface area contributed by atoms with Gasteiger partial charge < -0.3 is 9.84 Å². The van der Waals surface area contributed by atoms with Gasteiger partial charge >= 0.3 is 12.1 Å². The van der Waals surface area contributed by atoms with Crippen LogP contribution >= 0.6 is 11.6 Å². The van der Waals surface area contributed by atoms with Crippen LogP contribution < -0.4 is 4.74 Å². The predicted octanol–water partition coefficient (Wildman–Crippen LogP) is 4.26. The highest BCUT2D eigenvalue weighted by atomic mass is 35.5. The molecule has 1 aromatic heterocycles. The summed E-state index contributed by atoms with van der Waals surface area (Å²) in [5.74, 6) is -2.06. The number of halogens is 4. The Morgan fingerprint density at radius 3 is 2.43 bits per heavy atom. The third kappa shape index (κ3) is 3.37. The molecule has 0 atom stereocenters. The molecule has 0 spiro atoms. The van der Waals surface area contributed by atoms with Gasteiger partial charge in [0.2, 0.25) is 0 Å². The Balaban J connectivity index is 2.60. The number of carbonyl (C=O) groups is 1. The molecule has 23 heavy (non-hydrogen) atoms. The largest absolute Gasteiger partial charge is 0.477 e. The lowest BCUT2D eigenvalue weighted by molar-refractivity contribution is -0.142. The van der Waals surface area contributed by atoms with E-state index in [1.54, 1.807) is 19.1 Å². The molecule has 1 aromatic carbocycles. The van der Waals surface area contributed by atoms with Crippen molar-refractivity contribution in [1.82, 2.24) is 10.2 Å². The monoisotopic (exact) mass is 346 g/mol. The zero-order valence-corrected chi connectivity index (χ0v) is 12.7. The van der Waals surface area contributed by atoms with Gasteiger partial charge in [-0.25, -0.2) is 4.79 Å². The molecule has 0 unspecified atom stereocenters. The second-order valence-corrected chi connectivity index (χ2v) is 5.05. The molecule has 1 heterocycles. The van der Waals surface area contributed by atoms with E-state index in [2.05, 4.69) is 10.2 Å². The summed E-state index contributed by atoms with van der Waals surface area (Å²) in [7, 11) is 0. The van der Waals surface area contributed by atoms with Gasteiger partial charge in [0.15, 0.2) is 11.4 Å². The van der Waals surface area contributed by atoms with Crippen LogP contribution in [0.4, 0.5) is 13.2 Å². The molecule has 0 amide bonds. The van der Waals surface area contributed by atoms with Crippen LogP contribution in [-0.4, -0.2) is 21.3 Å². The van der Waals surface area contributed by atoms with E-state index in [1.165, 1.54) is 6.07 Å². The van der Waals surface area contributed by atoms with Crippen molar-refractivity contribution in [2.75, 3.05) is 0 Å². The van der Waals surface area contributed by atoms with Crippen LogP contribution in [0.3, 0.4) is 0 Å². The molecule has 0 radical (unpaired) electrons. The van der Waals surface area contributed by atoms with Crippen LogP contribution in [0.2, 0.25) is 5.02 Å². The lowest BCUT2D eigenvalue weighted by atomic mass is 10.1. The molecule has 0 saturated carbocycles. The lowest BCUT2D eigenvalue weighted by Gasteiger charge is -2.15. The molecule has 2 rings (SSSR count). The summed E-state index contributed by atoms with van der Waals surface area (Å²) in [5, 5.41) is 15.7. The minimum Gasteiger partial charge on any atom is -0.477 e. The fourth-order valence-corrected chi connectivity index (χ4v) is 2.19. The van der Waals surface area contributed by atoms with Gasteiger partial charge in [0, 0.05) is 5.56 Å². The lowest BCUT2D eigenvalue weighted by Crippen LogP contribution is -2.17. The molecule has 122 valence electrons. The van der Waals surface area contributed by atoms with E-state index in [0.717, 1.165) is 6.92 Å². The van der Waals surface area contributed by atoms with E-state index in [9.17, 15) is 23.1 Å². The number of hydrogen-bond donors (Lipinski definition) is 1. The van der Waals surface area contributed by atoms with E-state index in [1.807, 2.05) is 0 Å². The molecule has 0 aliphatic heterocycles. The molecule has 5 nitrogen and oxygen atoms in total. The number of carboxylic acids is 1. The second kappa shape index (κ2) is 6.04. The van der Waals surface area contributed by atoms with Crippen molar-refractivity contribution in [3.05, 3.63) is 45.6 Å². The van der Waals surface area contributed by atoms with Crippen LogP contribution in [-0.2, 0) is 6.18 Å². The Labute approximate surface area is 133 Å². The number of aryl methyl sites for hydroxylation is 1. The quantitative estimate of drug-likeness (QED) is 0.899. The van der Waals surface area contributed by atoms with Crippen molar-refractivity contribution < 1.29 is 27.8 Å². The van der Waals surface area contributed by atoms with Crippen LogP contribution in [0.15, 0.2) is 18.2 Å². The number of alkyl halides is 3. The number of carboxylic acid groups (broad SMARTS) is 1. The summed E-state index contributed by atoms with van der Waals surface area (Å²) >= 11 is 5.95. The van der Waals surface area contributed by atoms with Gasteiger partial charge in [-0.05, 0) is 25.5 Å². The maximum Gasteiger partial charge on any atom is 0.435 e. The van der Waals surface area contributed by atoms with Crippen LogP contribution in [0.5, 0.6) is 11.6 Å². The number of rotatable bonds is 3. The Morgan fingerprint density at radius 1 is 1.26 bits per heavy atom. The number of aromatic carboxylic acids is 1. The van der Waals surface area contributed by atoms with Gasteiger partial charge in [-0.15, -0.1) is 10.2 Å². The zero-order valence-electron chi connectivity index (χ0n) is 11.9. The van der Waals surface area contributed by atoms with Crippen LogP contribution in [0, 0.1) is 13.8 Å². The summed E-state index contributed by atoms with van der Waals surface area (Å²) in [6.07, 6.45) is -4.82. The smallest absolute Gasteiger partial charge is 0.435 e. The Hall–Kier alpha value is -2.35. The molecule has 1 N–H and O–H groups in total. The number of ether oxygens (including phenoxy) is 1. The standard InChI is InChI=1S/C14H10ClF3N2O3/c1-6-4-3-5-8(15)10(6)23-12-9(13(21)22)7(2)11(19-20-12)14(16,17)18/h3-5H,1-2H3,(H,21,22). The Kier molecular flexibility index (Phi) is 4.46. The molecule has 9 heteroatoms. The molecule has 2 aromatic rings. The van der Waals surface area contributed by atoms with Gasteiger partial charge in [-0.1, -0.05) is 23.7 Å². The first-order valence-electron chi connectivity index (χ1n) is 6.23. The third-order valence-corrected chi connectivity index (χ3v) is 3.33. The number of nitrogens with zero attached hydrogens (tertiary/aromatic N) is 2. The van der Waals surface area contributed by atoms with E-state index >= 15 is 0 Å². The molecular weight excluding hydrogens is 337 g/mol. The van der Waals surface area contributed by atoms with Crippen molar-refractivity contribution in [1.29, 1.82) is 0 Å². The van der Waals surface area contributed by atoms with Gasteiger partial charge in [-0.3, -0.25) is 0 Å². The Bertz CT molecular complexity index is 758. The van der Waals surface area contributed by atoms with Crippen molar-refractivity contribution in [3.8, 4) is 11.6 Å². The molecule has 0 bridgehead atoms. The van der Waals surface area contributed by atoms with Gasteiger partial charge in [0.1, 0.15) is 5.56 Å². The van der Waals surface area contributed by atoms with Crippen molar-refractivity contribution in [2.45, 2.75) is 20.0 Å². The zero-order chi connectivity index (χ0) is 17.4. The van der Waals surface area contributed by atoms with Gasteiger partial charge in [0.05, 0.1) is 5.02 Å². The maximum absolute atomic E-state index is 12.8. The van der Waals surface area contributed by atoms with E-state index in [0.29, 0.717) is 5.56 Å². The first-order valence-corrected chi connectivity index (χ1v) is 6.61. The fourth-order valence-electron chi connectivity index (χ4n) is 1.93. The first-order chi connectivity index (χ1) is 10.6. The first kappa shape index (κ1) is 17.0. The van der Waals surface area contributed by atoms with Crippen molar-refractivity contribution in [3.63, 3.8) is 0 Å². The number of benzene rings is 1. The average Bonchev–Trinajstić information content (AvgIpc) is 2.41. The normalized spacial score (nSPS) is 11.4. The molecule has 0 aliphatic carbocycles. The number of hydrogen-bond acceptors (Lipinski definition) is 4. The van der Waals surface area contributed by atoms with Crippen LogP contribution in [0.25, 0.3) is 0 Å². The molecule has 0 aliphatic rings. The minimum absolute atomic E-state index is 0.102. The van der Waals surface area contributed by atoms with Crippen molar-refractivity contribution >= 4 is 17.6 Å². The maximum atomic E-state index is 12.8.